The molecular formula is C20H22N6O3S2. The summed E-state index contributed by atoms with van der Waals surface area (Å²) in [5.74, 6) is 0.183. The third kappa shape index (κ3) is 5.04. The maximum Gasteiger partial charge on any atom is 0.244 e. The van der Waals surface area contributed by atoms with Gasteiger partial charge < -0.3 is 5.32 Å². The van der Waals surface area contributed by atoms with Gasteiger partial charge in [-0.3, -0.25) is 9.20 Å². The molecule has 0 saturated heterocycles. The van der Waals surface area contributed by atoms with E-state index < -0.39 is 10.0 Å². The van der Waals surface area contributed by atoms with Crippen molar-refractivity contribution in [3.8, 4) is 6.07 Å². The van der Waals surface area contributed by atoms with Crippen molar-refractivity contribution in [2.45, 2.75) is 30.3 Å². The zero-order valence-corrected chi connectivity index (χ0v) is 18.8. The third-order valence-electron chi connectivity index (χ3n) is 4.57. The molecule has 0 unspecified atom stereocenters. The Kier molecular flexibility index (Phi) is 7.27. The molecule has 0 fully saturated rings. The Labute approximate surface area is 185 Å². The predicted octanol–water partition coefficient (Wildman–Crippen LogP) is 2.75. The minimum Gasteiger partial charge on any atom is -0.325 e. The summed E-state index contributed by atoms with van der Waals surface area (Å²) in [7, 11) is -3.61. The number of hydrogen-bond donors (Lipinski definition) is 1. The van der Waals surface area contributed by atoms with Crippen molar-refractivity contribution in [3.63, 3.8) is 0 Å². The molecule has 0 spiro atoms. The summed E-state index contributed by atoms with van der Waals surface area (Å²) >= 11 is 1.30. The van der Waals surface area contributed by atoms with Crippen LogP contribution >= 0.6 is 11.8 Å². The zero-order chi connectivity index (χ0) is 22.4. The molecule has 0 aliphatic heterocycles. The third-order valence-corrected chi connectivity index (χ3v) is 7.55. The van der Waals surface area contributed by atoms with Gasteiger partial charge >= 0.3 is 0 Å². The van der Waals surface area contributed by atoms with Gasteiger partial charge in [-0.2, -0.15) is 9.57 Å². The number of carbonyl (C=O) groups is 1. The Morgan fingerprint density at radius 3 is 2.65 bits per heavy atom. The van der Waals surface area contributed by atoms with E-state index in [1.807, 2.05) is 6.07 Å². The number of amides is 1. The number of anilines is 1. The molecule has 2 heterocycles. The maximum atomic E-state index is 12.8. The van der Waals surface area contributed by atoms with Gasteiger partial charge in [-0.25, -0.2) is 8.42 Å². The first kappa shape index (κ1) is 22.7. The van der Waals surface area contributed by atoms with Crippen LogP contribution in [0, 0.1) is 11.3 Å². The smallest absolute Gasteiger partial charge is 0.244 e. The second kappa shape index (κ2) is 9.91. The minimum absolute atomic E-state index is 0.163. The van der Waals surface area contributed by atoms with E-state index in [9.17, 15) is 13.2 Å². The van der Waals surface area contributed by atoms with Crippen molar-refractivity contribution in [3.05, 3.63) is 48.2 Å². The molecule has 11 heteroatoms. The lowest BCUT2D eigenvalue weighted by Crippen LogP contribution is -2.30. The van der Waals surface area contributed by atoms with Crippen LogP contribution < -0.4 is 5.32 Å². The Morgan fingerprint density at radius 1 is 1.19 bits per heavy atom. The Morgan fingerprint density at radius 2 is 1.94 bits per heavy atom. The highest BCUT2D eigenvalue weighted by molar-refractivity contribution is 7.99. The first-order valence-electron chi connectivity index (χ1n) is 9.67. The molecule has 0 atom stereocenters. The van der Waals surface area contributed by atoms with Crippen molar-refractivity contribution >= 4 is 39.0 Å². The van der Waals surface area contributed by atoms with Gasteiger partial charge in [0, 0.05) is 31.5 Å². The number of hydrogen-bond acceptors (Lipinski definition) is 7. The first-order valence-corrected chi connectivity index (χ1v) is 12.1. The van der Waals surface area contributed by atoms with Gasteiger partial charge in [0.25, 0.3) is 0 Å². The highest BCUT2D eigenvalue weighted by atomic mass is 32.2. The number of aromatic nitrogens is 3. The minimum atomic E-state index is -3.61. The molecule has 0 bridgehead atoms. The summed E-state index contributed by atoms with van der Waals surface area (Å²) in [6.07, 6.45) is 1.70. The van der Waals surface area contributed by atoms with E-state index in [1.54, 1.807) is 48.6 Å². The second-order valence-electron chi connectivity index (χ2n) is 6.47. The van der Waals surface area contributed by atoms with Crippen molar-refractivity contribution in [1.82, 2.24) is 18.9 Å². The first-order chi connectivity index (χ1) is 14.9. The predicted molar refractivity (Wildman–Crippen MR) is 118 cm³/mol. The standard InChI is InChI=1S/C20H22N6O3S2/c1-3-25(4-2)31(28,29)16-9-10-18-23-24-20(26(18)14-16)30-12-11-19(27)22-17-8-6-5-7-15(17)13-21/h5-10,14H,3-4,11-12H2,1-2H3,(H,22,27). The van der Waals surface area contributed by atoms with Gasteiger partial charge in [0.1, 0.15) is 6.07 Å². The summed E-state index contributed by atoms with van der Waals surface area (Å²) in [6.45, 7) is 4.34. The van der Waals surface area contributed by atoms with Gasteiger partial charge in [0.15, 0.2) is 10.8 Å². The molecule has 3 aromatic rings. The number of benzene rings is 1. The number of nitriles is 1. The molecule has 0 aliphatic carbocycles. The summed E-state index contributed by atoms with van der Waals surface area (Å²) in [4.78, 5) is 12.4. The molecule has 1 N–H and O–H groups in total. The molecule has 0 aliphatic rings. The number of nitrogens with zero attached hydrogens (tertiary/aromatic N) is 5. The van der Waals surface area contributed by atoms with Crippen LogP contribution in [0.2, 0.25) is 0 Å². The number of fused-ring (bicyclic) bond motifs is 1. The normalized spacial score (nSPS) is 11.5. The molecule has 9 nitrogen and oxygen atoms in total. The van der Waals surface area contributed by atoms with Crippen LogP contribution in [-0.4, -0.2) is 52.1 Å². The van der Waals surface area contributed by atoms with Crippen LogP contribution in [0.5, 0.6) is 0 Å². The van der Waals surface area contributed by atoms with Gasteiger partial charge in [-0.1, -0.05) is 37.7 Å². The fourth-order valence-electron chi connectivity index (χ4n) is 2.95. The quantitative estimate of drug-likeness (QED) is 0.489. The summed E-state index contributed by atoms with van der Waals surface area (Å²) < 4.78 is 28.6. The number of sulfonamides is 1. The van der Waals surface area contributed by atoms with Crippen LogP contribution in [-0.2, 0) is 14.8 Å². The lowest BCUT2D eigenvalue weighted by Gasteiger charge is -2.18. The number of nitrogens with one attached hydrogen (secondary N) is 1. The molecule has 162 valence electrons. The van der Waals surface area contributed by atoms with Gasteiger partial charge in [0.2, 0.25) is 15.9 Å². The average Bonchev–Trinajstić information content (AvgIpc) is 3.17. The van der Waals surface area contributed by atoms with Crippen molar-refractivity contribution in [2.75, 3.05) is 24.2 Å². The van der Waals surface area contributed by atoms with Crippen LogP contribution in [0.4, 0.5) is 5.69 Å². The number of para-hydroxylation sites is 1. The van der Waals surface area contributed by atoms with E-state index in [4.69, 9.17) is 5.26 Å². The monoisotopic (exact) mass is 458 g/mol. The van der Waals surface area contributed by atoms with Gasteiger partial charge in [0.05, 0.1) is 16.1 Å². The van der Waals surface area contributed by atoms with E-state index in [1.165, 1.54) is 28.3 Å². The van der Waals surface area contributed by atoms with E-state index in [-0.39, 0.29) is 17.2 Å². The topological polar surface area (TPSA) is 120 Å². The van der Waals surface area contributed by atoms with Crippen LogP contribution in [0.1, 0.15) is 25.8 Å². The van der Waals surface area contributed by atoms with E-state index in [0.717, 1.165) is 0 Å². The van der Waals surface area contributed by atoms with Crippen LogP contribution in [0.3, 0.4) is 0 Å². The molecule has 1 aromatic carbocycles. The Bertz CT molecular complexity index is 1230. The SMILES string of the molecule is CCN(CC)S(=O)(=O)c1ccc2nnc(SCCC(=O)Nc3ccccc3C#N)n2c1. The van der Waals surface area contributed by atoms with E-state index in [0.29, 0.717) is 40.9 Å². The highest BCUT2D eigenvalue weighted by Gasteiger charge is 2.22. The fraction of sp³-hybridized carbons (Fsp3) is 0.300. The van der Waals surface area contributed by atoms with Gasteiger partial charge in [-0.15, -0.1) is 10.2 Å². The largest absolute Gasteiger partial charge is 0.325 e. The fourth-order valence-corrected chi connectivity index (χ4v) is 5.26. The Balaban J connectivity index is 1.70. The maximum absolute atomic E-state index is 12.8. The Hall–Kier alpha value is -2.94. The molecule has 3 rings (SSSR count). The van der Waals surface area contributed by atoms with Gasteiger partial charge in [-0.05, 0) is 24.3 Å². The summed E-state index contributed by atoms with van der Waals surface area (Å²) in [5, 5.41) is 20.5. The second-order valence-corrected chi connectivity index (χ2v) is 9.47. The van der Waals surface area contributed by atoms with Crippen LogP contribution in [0.25, 0.3) is 5.65 Å². The number of thioether (sulfide) groups is 1. The molecule has 1 amide bonds. The van der Waals surface area contributed by atoms with Crippen molar-refractivity contribution in [2.24, 2.45) is 0 Å². The summed E-state index contributed by atoms with van der Waals surface area (Å²) in [5.41, 5.74) is 1.39. The van der Waals surface area contributed by atoms with Crippen molar-refractivity contribution < 1.29 is 13.2 Å². The average molecular weight is 459 g/mol. The molecule has 0 radical (unpaired) electrons. The van der Waals surface area contributed by atoms with Crippen LogP contribution in [0.15, 0.2) is 52.6 Å². The van der Waals surface area contributed by atoms with Crippen molar-refractivity contribution in [1.29, 1.82) is 5.26 Å². The molecule has 2 aromatic heterocycles. The van der Waals surface area contributed by atoms with E-state index >= 15 is 0 Å². The molecular weight excluding hydrogens is 436 g/mol. The number of pyridine rings is 1. The zero-order valence-electron chi connectivity index (χ0n) is 17.1. The number of carbonyl (C=O) groups excluding carboxylic acids is 1. The summed E-state index contributed by atoms with van der Waals surface area (Å²) in [6, 6.07) is 12.0. The molecule has 0 saturated carbocycles. The number of rotatable bonds is 9. The molecule has 31 heavy (non-hydrogen) atoms. The lowest BCUT2D eigenvalue weighted by atomic mass is 10.2. The van der Waals surface area contributed by atoms with E-state index in [2.05, 4.69) is 15.5 Å². The lowest BCUT2D eigenvalue weighted by molar-refractivity contribution is -0.115. The highest BCUT2D eigenvalue weighted by Crippen LogP contribution is 2.22.